The van der Waals surface area contributed by atoms with Gasteiger partial charge in [-0.25, -0.2) is 9.18 Å². The summed E-state index contributed by atoms with van der Waals surface area (Å²) in [5, 5.41) is 15.7. The minimum Gasteiger partial charge on any atom is -0.387 e. The monoisotopic (exact) mass is 322 g/mol. The van der Waals surface area contributed by atoms with E-state index in [4.69, 9.17) is 4.74 Å². The van der Waals surface area contributed by atoms with Crippen LogP contribution in [-0.4, -0.2) is 36.4 Å². The fourth-order valence-corrected chi connectivity index (χ4v) is 3.57. The zero-order chi connectivity index (χ0) is 16.2. The van der Waals surface area contributed by atoms with Crippen molar-refractivity contribution in [1.29, 1.82) is 0 Å². The van der Waals surface area contributed by atoms with Gasteiger partial charge in [-0.05, 0) is 43.4 Å². The van der Waals surface area contributed by atoms with Crippen molar-refractivity contribution in [3.63, 3.8) is 0 Å². The minimum atomic E-state index is -0.852. The minimum absolute atomic E-state index is 0.0920. The predicted molar refractivity (Wildman–Crippen MR) is 83.4 cm³/mol. The Hall–Kier alpha value is -1.66. The van der Waals surface area contributed by atoms with Crippen molar-refractivity contribution in [3.05, 3.63) is 35.6 Å². The number of aliphatic hydroxyl groups is 1. The molecule has 4 unspecified atom stereocenters. The molecule has 6 heteroatoms. The Kier molecular flexibility index (Phi) is 5.13. The highest BCUT2D eigenvalue weighted by Crippen LogP contribution is 2.34. The highest BCUT2D eigenvalue weighted by Gasteiger charge is 2.38. The lowest BCUT2D eigenvalue weighted by Gasteiger charge is -2.33. The van der Waals surface area contributed by atoms with Crippen molar-refractivity contribution in [1.82, 2.24) is 10.6 Å². The number of nitrogens with one attached hydrogen (secondary N) is 2. The molecule has 0 aromatic heterocycles. The second-order valence-corrected chi connectivity index (χ2v) is 6.32. The second-order valence-electron chi connectivity index (χ2n) is 6.32. The molecule has 0 spiro atoms. The average Bonchev–Trinajstić information content (AvgIpc) is 3.03. The lowest BCUT2D eigenvalue weighted by Crippen LogP contribution is -2.49. The highest BCUT2D eigenvalue weighted by molar-refractivity contribution is 5.74. The first-order valence-corrected chi connectivity index (χ1v) is 8.23. The van der Waals surface area contributed by atoms with E-state index in [1.807, 2.05) is 0 Å². The predicted octanol–water partition coefficient (Wildman–Crippen LogP) is 2.12. The Bertz CT molecular complexity index is 537. The Morgan fingerprint density at radius 2 is 2.09 bits per heavy atom. The third kappa shape index (κ3) is 4.00. The number of fused-ring (bicyclic) bond motifs is 1. The van der Waals surface area contributed by atoms with E-state index in [-0.39, 0.29) is 30.5 Å². The summed E-state index contributed by atoms with van der Waals surface area (Å²) in [5.41, 5.74) is 0.577. The van der Waals surface area contributed by atoms with Crippen LogP contribution in [0.1, 0.15) is 37.4 Å². The molecule has 2 fully saturated rings. The SMILES string of the molecule is O=C(NCC(O)c1ccc(F)cc1)NC1CCCC2OCCC12. The van der Waals surface area contributed by atoms with Crippen LogP contribution >= 0.6 is 0 Å². The van der Waals surface area contributed by atoms with Crippen LogP contribution in [0.25, 0.3) is 0 Å². The molecule has 1 aliphatic heterocycles. The lowest BCUT2D eigenvalue weighted by molar-refractivity contribution is 0.0548. The number of halogens is 1. The van der Waals surface area contributed by atoms with Crippen LogP contribution in [-0.2, 0) is 4.74 Å². The van der Waals surface area contributed by atoms with Gasteiger partial charge in [-0.3, -0.25) is 0 Å². The van der Waals surface area contributed by atoms with Gasteiger partial charge >= 0.3 is 6.03 Å². The number of rotatable bonds is 4. The Labute approximate surface area is 135 Å². The number of urea groups is 1. The maximum atomic E-state index is 12.9. The summed E-state index contributed by atoms with van der Waals surface area (Å²) in [4.78, 5) is 12.1. The number of hydrogen-bond acceptors (Lipinski definition) is 3. The summed E-state index contributed by atoms with van der Waals surface area (Å²) in [7, 11) is 0. The smallest absolute Gasteiger partial charge is 0.315 e. The molecule has 1 aliphatic carbocycles. The zero-order valence-corrected chi connectivity index (χ0v) is 13.0. The van der Waals surface area contributed by atoms with Gasteiger partial charge in [0, 0.05) is 25.1 Å². The summed E-state index contributed by atoms with van der Waals surface area (Å²) >= 11 is 0. The van der Waals surface area contributed by atoms with E-state index in [1.54, 1.807) is 0 Å². The van der Waals surface area contributed by atoms with Crippen molar-refractivity contribution in [2.45, 2.75) is 43.9 Å². The van der Waals surface area contributed by atoms with Crippen LogP contribution in [0.5, 0.6) is 0 Å². The molecule has 1 saturated carbocycles. The van der Waals surface area contributed by atoms with E-state index >= 15 is 0 Å². The molecule has 23 heavy (non-hydrogen) atoms. The number of hydrogen-bond donors (Lipinski definition) is 3. The number of ether oxygens (including phenoxy) is 1. The van der Waals surface area contributed by atoms with Crippen molar-refractivity contribution < 1.29 is 19.0 Å². The van der Waals surface area contributed by atoms with Crippen LogP contribution in [0.2, 0.25) is 0 Å². The van der Waals surface area contributed by atoms with Gasteiger partial charge < -0.3 is 20.5 Å². The summed E-state index contributed by atoms with van der Waals surface area (Å²) in [6.07, 6.45) is 3.53. The number of carbonyl (C=O) groups excluding carboxylic acids is 1. The van der Waals surface area contributed by atoms with E-state index in [0.29, 0.717) is 11.5 Å². The van der Waals surface area contributed by atoms with E-state index in [1.165, 1.54) is 24.3 Å². The molecule has 2 amide bonds. The van der Waals surface area contributed by atoms with Gasteiger partial charge in [0.05, 0.1) is 12.2 Å². The van der Waals surface area contributed by atoms with Gasteiger partial charge in [0.15, 0.2) is 0 Å². The standard InChI is InChI=1S/C17H23FN2O3/c18-12-6-4-11(5-7-12)15(21)10-19-17(22)20-14-2-1-3-16-13(14)8-9-23-16/h4-7,13-16,21H,1-3,8-10H2,(H2,19,20,22). The Morgan fingerprint density at radius 3 is 2.87 bits per heavy atom. The molecule has 1 saturated heterocycles. The number of benzene rings is 1. The van der Waals surface area contributed by atoms with Gasteiger partial charge in [-0.1, -0.05) is 12.1 Å². The fourth-order valence-electron chi connectivity index (χ4n) is 3.57. The molecule has 1 aromatic carbocycles. The Morgan fingerprint density at radius 1 is 1.30 bits per heavy atom. The molecule has 0 bridgehead atoms. The molecule has 3 N–H and O–H groups in total. The normalized spacial score (nSPS) is 28.0. The quantitative estimate of drug-likeness (QED) is 0.795. The van der Waals surface area contributed by atoms with Crippen molar-refractivity contribution >= 4 is 6.03 Å². The maximum absolute atomic E-state index is 12.9. The Balaban J connectivity index is 1.46. The number of aliphatic hydroxyl groups excluding tert-OH is 1. The molecule has 4 atom stereocenters. The molecule has 1 aromatic rings. The molecule has 2 aliphatic rings. The zero-order valence-electron chi connectivity index (χ0n) is 13.0. The van der Waals surface area contributed by atoms with Crippen molar-refractivity contribution in [2.24, 2.45) is 5.92 Å². The summed E-state index contributed by atoms with van der Waals surface area (Å²) in [6, 6.07) is 5.48. The van der Waals surface area contributed by atoms with Gasteiger partial charge in [0.25, 0.3) is 0 Å². The summed E-state index contributed by atoms with van der Waals surface area (Å²) in [5.74, 6) is 0.0498. The number of amides is 2. The van der Waals surface area contributed by atoms with Crippen LogP contribution in [0.3, 0.4) is 0 Å². The third-order valence-corrected chi connectivity index (χ3v) is 4.81. The molecule has 1 heterocycles. The van der Waals surface area contributed by atoms with Crippen molar-refractivity contribution in [3.8, 4) is 0 Å². The first kappa shape index (κ1) is 16.2. The van der Waals surface area contributed by atoms with Crippen LogP contribution in [0.15, 0.2) is 24.3 Å². The average molecular weight is 322 g/mol. The number of carbonyl (C=O) groups is 1. The highest BCUT2D eigenvalue weighted by atomic mass is 19.1. The van der Waals surface area contributed by atoms with Gasteiger partial charge in [-0.15, -0.1) is 0 Å². The van der Waals surface area contributed by atoms with E-state index in [2.05, 4.69) is 10.6 Å². The van der Waals surface area contributed by atoms with E-state index in [9.17, 15) is 14.3 Å². The van der Waals surface area contributed by atoms with Crippen molar-refractivity contribution in [2.75, 3.05) is 13.2 Å². The molecule has 0 radical (unpaired) electrons. The molecule has 5 nitrogen and oxygen atoms in total. The largest absolute Gasteiger partial charge is 0.387 e. The molecular formula is C17H23FN2O3. The summed E-state index contributed by atoms with van der Waals surface area (Å²) < 4.78 is 18.6. The molecule has 126 valence electrons. The van der Waals surface area contributed by atoms with Gasteiger partial charge in [0.1, 0.15) is 5.82 Å². The third-order valence-electron chi connectivity index (χ3n) is 4.81. The second kappa shape index (κ2) is 7.27. The topological polar surface area (TPSA) is 70.6 Å². The first-order valence-electron chi connectivity index (χ1n) is 8.23. The molecular weight excluding hydrogens is 299 g/mol. The van der Waals surface area contributed by atoms with E-state index in [0.717, 1.165) is 32.3 Å². The first-order chi connectivity index (χ1) is 11.1. The van der Waals surface area contributed by atoms with E-state index < -0.39 is 6.10 Å². The maximum Gasteiger partial charge on any atom is 0.315 e. The molecule has 3 rings (SSSR count). The van der Waals surface area contributed by atoms with Crippen LogP contribution in [0, 0.1) is 11.7 Å². The lowest BCUT2D eigenvalue weighted by atomic mass is 9.82. The fraction of sp³-hybridized carbons (Fsp3) is 0.588. The summed E-state index contributed by atoms with van der Waals surface area (Å²) in [6.45, 7) is 0.868. The van der Waals surface area contributed by atoms with Gasteiger partial charge in [0.2, 0.25) is 0 Å². The van der Waals surface area contributed by atoms with Crippen LogP contribution < -0.4 is 10.6 Å². The van der Waals surface area contributed by atoms with Crippen LogP contribution in [0.4, 0.5) is 9.18 Å². The van der Waals surface area contributed by atoms with Gasteiger partial charge in [-0.2, -0.15) is 0 Å².